The first-order chi connectivity index (χ1) is 8.56. The van der Waals surface area contributed by atoms with Crippen molar-refractivity contribution in [3.8, 4) is 12.3 Å². The third kappa shape index (κ3) is 2.75. The molecule has 2 aliphatic rings. The van der Waals surface area contributed by atoms with Gasteiger partial charge in [0.15, 0.2) is 0 Å². The molecule has 0 aliphatic heterocycles. The first-order valence-electron chi connectivity index (χ1n) is 7.76. The Bertz CT molecular complexity index is 276. The summed E-state index contributed by atoms with van der Waals surface area (Å²) in [5.41, 5.74) is -0.819. The first kappa shape index (κ1) is 13.9. The van der Waals surface area contributed by atoms with Gasteiger partial charge in [-0.2, -0.15) is 0 Å². The molecular formula is C17H28O. The van der Waals surface area contributed by atoms with Crippen LogP contribution in [-0.2, 0) is 0 Å². The summed E-state index contributed by atoms with van der Waals surface area (Å²) in [6.45, 7) is 4.63. The van der Waals surface area contributed by atoms with Crippen LogP contribution in [-0.4, -0.2) is 10.7 Å². The van der Waals surface area contributed by atoms with E-state index in [1.165, 1.54) is 25.7 Å². The van der Waals surface area contributed by atoms with Gasteiger partial charge in [0.2, 0.25) is 0 Å². The third-order valence-electron chi connectivity index (χ3n) is 5.51. The van der Waals surface area contributed by atoms with Gasteiger partial charge >= 0.3 is 0 Å². The molecule has 2 rings (SSSR count). The molecule has 0 radical (unpaired) electrons. The summed E-state index contributed by atoms with van der Waals surface area (Å²) in [5.74, 6) is 5.12. The lowest BCUT2D eigenvalue weighted by atomic mass is 9.64. The Balaban J connectivity index is 2.03. The smallest absolute Gasteiger partial charge is 0.130 e. The summed E-state index contributed by atoms with van der Waals surface area (Å²) in [6.07, 6.45) is 15.1. The second-order valence-electron chi connectivity index (χ2n) is 6.88. The molecule has 0 amide bonds. The van der Waals surface area contributed by atoms with E-state index in [1.807, 2.05) is 0 Å². The molecule has 0 atom stereocenters. The normalized spacial score (nSPS) is 40.8. The molecule has 1 N–H and O–H groups in total. The number of rotatable bonds is 2. The van der Waals surface area contributed by atoms with Crippen LogP contribution in [0.4, 0.5) is 0 Å². The largest absolute Gasteiger partial charge is 0.377 e. The number of hydrogen-bond acceptors (Lipinski definition) is 1. The molecule has 0 heterocycles. The summed E-state index contributed by atoms with van der Waals surface area (Å²) in [4.78, 5) is 0. The molecule has 0 aromatic carbocycles. The minimum Gasteiger partial charge on any atom is -0.377 e. The molecule has 0 aromatic heterocycles. The molecular weight excluding hydrogens is 220 g/mol. The lowest BCUT2D eigenvalue weighted by Crippen LogP contribution is -2.46. The van der Waals surface area contributed by atoms with Crippen LogP contribution in [0, 0.1) is 36.0 Å². The van der Waals surface area contributed by atoms with E-state index < -0.39 is 5.60 Å². The third-order valence-corrected chi connectivity index (χ3v) is 5.51. The van der Waals surface area contributed by atoms with Crippen molar-refractivity contribution < 1.29 is 5.11 Å². The molecule has 2 aliphatic carbocycles. The molecule has 102 valence electrons. The second-order valence-corrected chi connectivity index (χ2v) is 6.88. The summed E-state index contributed by atoms with van der Waals surface area (Å²) < 4.78 is 0. The highest BCUT2D eigenvalue weighted by Gasteiger charge is 2.43. The molecule has 0 spiro atoms. The topological polar surface area (TPSA) is 20.2 Å². The highest BCUT2D eigenvalue weighted by Crippen LogP contribution is 2.44. The average Bonchev–Trinajstić information content (AvgIpc) is 2.39. The van der Waals surface area contributed by atoms with Crippen LogP contribution >= 0.6 is 0 Å². The van der Waals surface area contributed by atoms with Gasteiger partial charge in [0.05, 0.1) is 0 Å². The summed E-state index contributed by atoms with van der Waals surface area (Å²) in [6, 6.07) is 0. The van der Waals surface area contributed by atoms with Crippen LogP contribution < -0.4 is 0 Å². The summed E-state index contributed by atoms with van der Waals surface area (Å²) in [5, 5.41) is 11.0. The Morgan fingerprint density at radius 1 is 0.833 bits per heavy atom. The molecule has 2 saturated carbocycles. The van der Waals surface area contributed by atoms with E-state index in [0.717, 1.165) is 37.5 Å². The van der Waals surface area contributed by atoms with Gasteiger partial charge in [-0.05, 0) is 49.4 Å². The fourth-order valence-corrected chi connectivity index (χ4v) is 3.97. The molecule has 0 bridgehead atoms. The minimum atomic E-state index is -0.819. The summed E-state index contributed by atoms with van der Waals surface area (Å²) in [7, 11) is 0. The van der Waals surface area contributed by atoms with Crippen molar-refractivity contribution in [1.29, 1.82) is 0 Å². The van der Waals surface area contributed by atoms with Gasteiger partial charge in [0, 0.05) is 0 Å². The SMILES string of the molecule is C#CC(O)(C1CCC(C)CC1)C1CCC(C)CC1. The molecule has 2 fully saturated rings. The molecule has 1 heteroatoms. The number of aliphatic hydroxyl groups is 1. The second kappa shape index (κ2) is 5.66. The Labute approximate surface area is 112 Å². The lowest BCUT2D eigenvalue weighted by molar-refractivity contribution is -0.0504. The lowest BCUT2D eigenvalue weighted by Gasteiger charge is -2.43. The van der Waals surface area contributed by atoms with Crippen molar-refractivity contribution >= 4 is 0 Å². The fraction of sp³-hybridized carbons (Fsp3) is 0.882. The zero-order valence-corrected chi connectivity index (χ0v) is 12.0. The standard InChI is InChI=1S/C17H28O/c1-4-17(18,15-9-5-13(2)6-10-15)16-11-7-14(3)8-12-16/h1,13-16,18H,5-12H2,2-3H3. The van der Waals surface area contributed by atoms with E-state index >= 15 is 0 Å². The van der Waals surface area contributed by atoms with Crippen molar-refractivity contribution in [3.05, 3.63) is 0 Å². The van der Waals surface area contributed by atoms with Gasteiger partial charge in [-0.1, -0.05) is 45.5 Å². The van der Waals surface area contributed by atoms with Gasteiger partial charge in [0.1, 0.15) is 5.60 Å². The maximum Gasteiger partial charge on any atom is 0.130 e. The Kier molecular flexibility index (Phi) is 4.38. The Morgan fingerprint density at radius 3 is 1.44 bits per heavy atom. The van der Waals surface area contributed by atoms with Crippen molar-refractivity contribution in [2.75, 3.05) is 0 Å². The van der Waals surface area contributed by atoms with Crippen molar-refractivity contribution in [3.63, 3.8) is 0 Å². The number of hydrogen-bond donors (Lipinski definition) is 1. The average molecular weight is 248 g/mol. The molecule has 0 saturated heterocycles. The Hall–Kier alpha value is -0.480. The first-order valence-corrected chi connectivity index (χ1v) is 7.76. The molecule has 0 aromatic rings. The van der Waals surface area contributed by atoms with E-state index in [-0.39, 0.29) is 0 Å². The summed E-state index contributed by atoms with van der Waals surface area (Å²) >= 11 is 0. The molecule has 1 nitrogen and oxygen atoms in total. The van der Waals surface area contributed by atoms with Gasteiger partial charge in [-0.3, -0.25) is 0 Å². The van der Waals surface area contributed by atoms with Crippen LogP contribution in [0.3, 0.4) is 0 Å². The predicted molar refractivity (Wildman–Crippen MR) is 76.0 cm³/mol. The van der Waals surface area contributed by atoms with E-state index in [9.17, 15) is 5.11 Å². The maximum absolute atomic E-state index is 11.0. The van der Waals surface area contributed by atoms with Crippen molar-refractivity contribution in [1.82, 2.24) is 0 Å². The zero-order chi connectivity index (χ0) is 13.2. The minimum absolute atomic E-state index is 0.345. The highest BCUT2D eigenvalue weighted by atomic mass is 16.3. The van der Waals surface area contributed by atoms with Crippen molar-refractivity contribution in [2.24, 2.45) is 23.7 Å². The van der Waals surface area contributed by atoms with Gasteiger partial charge in [0.25, 0.3) is 0 Å². The Morgan fingerprint density at radius 2 is 1.17 bits per heavy atom. The van der Waals surface area contributed by atoms with E-state index in [1.54, 1.807) is 0 Å². The quantitative estimate of drug-likeness (QED) is 0.732. The van der Waals surface area contributed by atoms with Crippen LogP contribution in [0.1, 0.15) is 65.2 Å². The van der Waals surface area contributed by atoms with Gasteiger partial charge in [-0.25, -0.2) is 0 Å². The van der Waals surface area contributed by atoms with Gasteiger partial charge < -0.3 is 5.11 Å². The van der Waals surface area contributed by atoms with E-state index in [2.05, 4.69) is 19.8 Å². The van der Waals surface area contributed by atoms with Crippen LogP contribution in [0.15, 0.2) is 0 Å². The van der Waals surface area contributed by atoms with E-state index in [0.29, 0.717) is 11.8 Å². The maximum atomic E-state index is 11.0. The molecule has 0 unspecified atom stereocenters. The number of terminal acetylenes is 1. The van der Waals surface area contributed by atoms with Crippen LogP contribution in [0.5, 0.6) is 0 Å². The van der Waals surface area contributed by atoms with Crippen LogP contribution in [0.2, 0.25) is 0 Å². The van der Waals surface area contributed by atoms with Gasteiger partial charge in [-0.15, -0.1) is 6.42 Å². The molecule has 18 heavy (non-hydrogen) atoms. The monoisotopic (exact) mass is 248 g/mol. The van der Waals surface area contributed by atoms with Crippen LogP contribution in [0.25, 0.3) is 0 Å². The van der Waals surface area contributed by atoms with Crippen molar-refractivity contribution in [2.45, 2.75) is 70.8 Å². The predicted octanol–water partition coefficient (Wildman–Crippen LogP) is 4.00. The zero-order valence-electron chi connectivity index (χ0n) is 12.0. The fourth-order valence-electron chi connectivity index (χ4n) is 3.97. The van der Waals surface area contributed by atoms with E-state index in [4.69, 9.17) is 6.42 Å². The highest BCUT2D eigenvalue weighted by molar-refractivity contribution is 5.14.